The summed E-state index contributed by atoms with van der Waals surface area (Å²) in [5, 5.41) is 14.3. The van der Waals surface area contributed by atoms with E-state index in [1.54, 1.807) is 0 Å². The summed E-state index contributed by atoms with van der Waals surface area (Å²) in [5.41, 5.74) is 4.60. The Bertz CT molecular complexity index is 1160. The first-order valence-electron chi connectivity index (χ1n) is 11.2. The minimum absolute atomic E-state index is 0.0346. The maximum Gasteiger partial charge on any atom is 0.411 e. The summed E-state index contributed by atoms with van der Waals surface area (Å²) in [6.07, 6.45) is 1.68. The van der Waals surface area contributed by atoms with E-state index in [0.29, 0.717) is 12.8 Å². The first kappa shape index (κ1) is 23.1. The van der Waals surface area contributed by atoms with Gasteiger partial charge in [0.15, 0.2) is 0 Å². The molecule has 8 heteroatoms. The van der Waals surface area contributed by atoms with Crippen molar-refractivity contribution in [1.82, 2.24) is 5.32 Å². The zero-order chi connectivity index (χ0) is 24.1. The summed E-state index contributed by atoms with van der Waals surface area (Å²) in [6.45, 7) is 1.98. The Morgan fingerprint density at radius 1 is 1.03 bits per heavy atom. The number of carbonyl (C=O) groups excluding carboxylic acids is 2. The quantitative estimate of drug-likeness (QED) is 0.418. The van der Waals surface area contributed by atoms with Crippen LogP contribution in [0, 0.1) is 5.92 Å². The van der Waals surface area contributed by atoms with E-state index in [9.17, 15) is 19.5 Å². The average molecular weight is 463 g/mol. The van der Waals surface area contributed by atoms with Gasteiger partial charge in [-0.25, -0.2) is 4.79 Å². The lowest BCUT2D eigenvalue weighted by Gasteiger charge is -2.15. The second-order valence-electron chi connectivity index (χ2n) is 8.15. The van der Waals surface area contributed by atoms with Crippen molar-refractivity contribution in [3.63, 3.8) is 0 Å². The molecule has 0 fully saturated rings. The van der Waals surface area contributed by atoms with E-state index >= 15 is 0 Å². The van der Waals surface area contributed by atoms with E-state index in [1.807, 2.05) is 43.3 Å². The van der Waals surface area contributed by atoms with E-state index in [2.05, 4.69) is 22.8 Å². The second kappa shape index (κ2) is 10.2. The first-order chi connectivity index (χ1) is 16.5. The second-order valence-corrected chi connectivity index (χ2v) is 8.15. The summed E-state index contributed by atoms with van der Waals surface area (Å²) in [7, 11) is 0. The van der Waals surface area contributed by atoms with Gasteiger partial charge in [-0.05, 0) is 28.7 Å². The molecule has 0 saturated heterocycles. The van der Waals surface area contributed by atoms with Crippen molar-refractivity contribution >= 4 is 23.7 Å². The van der Waals surface area contributed by atoms with Gasteiger partial charge in [-0.2, -0.15) is 0 Å². The number of anilines is 1. The monoisotopic (exact) mass is 462 g/mol. The average Bonchev–Trinajstić information content (AvgIpc) is 3.42. The molecule has 34 heavy (non-hydrogen) atoms. The van der Waals surface area contributed by atoms with Gasteiger partial charge in [0.2, 0.25) is 5.76 Å². The SMILES string of the molecule is CCCC(CNC(=O)c1occc1NC(=O)OCC1c2ccccc2-c2ccccc21)C(=O)O. The molecule has 3 N–H and O–H groups in total. The van der Waals surface area contributed by atoms with Crippen molar-refractivity contribution in [3.8, 4) is 11.1 Å². The Kier molecular flexibility index (Phi) is 6.96. The highest BCUT2D eigenvalue weighted by atomic mass is 16.5. The summed E-state index contributed by atoms with van der Waals surface area (Å²) >= 11 is 0. The summed E-state index contributed by atoms with van der Waals surface area (Å²) in [6, 6.07) is 17.5. The van der Waals surface area contributed by atoms with Crippen LogP contribution in [0.25, 0.3) is 11.1 Å². The lowest BCUT2D eigenvalue weighted by Crippen LogP contribution is -2.33. The zero-order valence-electron chi connectivity index (χ0n) is 18.7. The molecule has 8 nitrogen and oxygen atoms in total. The highest BCUT2D eigenvalue weighted by Gasteiger charge is 2.29. The van der Waals surface area contributed by atoms with Crippen LogP contribution in [0.3, 0.4) is 0 Å². The number of aliphatic carboxylic acids is 1. The molecule has 1 aromatic heterocycles. The number of carboxylic acid groups (broad SMARTS) is 1. The summed E-state index contributed by atoms with van der Waals surface area (Å²) < 4.78 is 10.7. The van der Waals surface area contributed by atoms with Gasteiger partial charge < -0.3 is 19.6 Å². The Hall–Kier alpha value is -4.07. The standard InChI is InChI=1S/C26H26N2O6/c1-2-7-16(25(30)31)14-27-24(29)23-22(12-13-33-23)28-26(32)34-15-21-19-10-5-3-8-17(19)18-9-4-6-11-20(18)21/h3-6,8-13,16,21H,2,7,14-15H2,1H3,(H,27,29)(H,28,32)(H,30,31). The molecule has 2 amide bonds. The molecule has 0 bridgehead atoms. The van der Waals surface area contributed by atoms with Crippen molar-refractivity contribution in [2.45, 2.75) is 25.7 Å². The molecular weight excluding hydrogens is 436 g/mol. The van der Waals surface area contributed by atoms with Gasteiger partial charge in [0.1, 0.15) is 6.61 Å². The van der Waals surface area contributed by atoms with Gasteiger partial charge in [0.25, 0.3) is 5.91 Å². The minimum Gasteiger partial charge on any atom is -0.481 e. The largest absolute Gasteiger partial charge is 0.481 e. The number of carboxylic acids is 1. The Balaban J connectivity index is 1.37. The number of benzene rings is 2. The fraction of sp³-hybridized carbons (Fsp3) is 0.269. The number of hydrogen-bond donors (Lipinski definition) is 3. The van der Waals surface area contributed by atoms with E-state index in [-0.39, 0.29) is 30.5 Å². The predicted octanol–water partition coefficient (Wildman–Crippen LogP) is 4.87. The smallest absolute Gasteiger partial charge is 0.411 e. The van der Waals surface area contributed by atoms with Gasteiger partial charge in [-0.1, -0.05) is 61.9 Å². The van der Waals surface area contributed by atoms with E-state index in [1.165, 1.54) is 12.3 Å². The van der Waals surface area contributed by atoms with E-state index in [0.717, 1.165) is 22.3 Å². The number of hydrogen-bond acceptors (Lipinski definition) is 5. The zero-order valence-corrected chi connectivity index (χ0v) is 18.7. The summed E-state index contributed by atoms with van der Waals surface area (Å²) in [5.74, 6) is -2.48. The normalized spacial score (nSPS) is 13.0. The number of rotatable bonds is 9. The third kappa shape index (κ3) is 4.80. The molecule has 1 atom stereocenters. The first-order valence-corrected chi connectivity index (χ1v) is 11.2. The van der Waals surface area contributed by atoms with Crippen LogP contribution in [0.1, 0.15) is 47.4 Å². The molecule has 0 spiro atoms. The fourth-order valence-corrected chi connectivity index (χ4v) is 4.29. The van der Waals surface area contributed by atoms with Crippen LogP contribution >= 0.6 is 0 Å². The number of nitrogens with one attached hydrogen (secondary N) is 2. The van der Waals surface area contributed by atoms with Gasteiger partial charge in [0.05, 0.1) is 17.9 Å². The molecule has 1 unspecified atom stereocenters. The molecule has 1 heterocycles. The van der Waals surface area contributed by atoms with Crippen LogP contribution in [0.5, 0.6) is 0 Å². The third-order valence-corrected chi connectivity index (χ3v) is 5.95. The van der Waals surface area contributed by atoms with Gasteiger partial charge in [-0.15, -0.1) is 0 Å². The van der Waals surface area contributed by atoms with Crippen LogP contribution in [0.15, 0.2) is 65.3 Å². The molecule has 1 aliphatic rings. The van der Waals surface area contributed by atoms with E-state index in [4.69, 9.17) is 9.15 Å². The van der Waals surface area contributed by atoms with E-state index < -0.39 is 23.9 Å². The molecule has 3 aromatic rings. The molecule has 2 aromatic carbocycles. The van der Waals surface area contributed by atoms with Crippen LogP contribution in [0.2, 0.25) is 0 Å². The van der Waals surface area contributed by atoms with Crippen molar-refractivity contribution in [3.05, 3.63) is 77.7 Å². The van der Waals surface area contributed by atoms with Crippen LogP contribution in [-0.2, 0) is 9.53 Å². The van der Waals surface area contributed by atoms with Gasteiger partial charge >= 0.3 is 12.1 Å². The topological polar surface area (TPSA) is 118 Å². The van der Waals surface area contributed by atoms with Crippen LogP contribution in [-0.4, -0.2) is 36.2 Å². The Morgan fingerprint density at radius 2 is 1.68 bits per heavy atom. The molecular formula is C26H26N2O6. The highest BCUT2D eigenvalue weighted by molar-refractivity contribution is 6.00. The molecule has 0 aliphatic heterocycles. The van der Waals surface area contributed by atoms with Crippen LogP contribution in [0.4, 0.5) is 10.5 Å². The summed E-state index contributed by atoms with van der Waals surface area (Å²) in [4.78, 5) is 36.3. The lowest BCUT2D eigenvalue weighted by atomic mass is 9.98. The number of fused-ring (bicyclic) bond motifs is 3. The molecule has 0 radical (unpaired) electrons. The molecule has 4 rings (SSSR count). The van der Waals surface area contributed by atoms with Crippen LogP contribution < -0.4 is 10.6 Å². The predicted molar refractivity (Wildman–Crippen MR) is 126 cm³/mol. The lowest BCUT2D eigenvalue weighted by molar-refractivity contribution is -0.141. The number of ether oxygens (including phenoxy) is 1. The number of amides is 2. The Morgan fingerprint density at radius 3 is 2.29 bits per heavy atom. The minimum atomic E-state index is -0.974. The molecule has 0 saturated carbocycles. The molecule has 176 valence electrons. The maximum absolute atomic E-state index is 12.5. The number of furan rings is 1. The molecule has 1 aliphatic carbocycles. The third-order valence-electron chi connectivity index (χ3n) is 5.95. The fourth-order valence-electron chi connectivity index (χ4n) is 4.29. The number of carbonyl (C=O) groups is 3. The van der Waals surface area contributed by atoms with Crippen molar-refractivity contribution in [1.29, 1.82) is 0 Å². The van der Waals surface area contributed by atoms with Gasteiger partial charge in [0, 0.05) is 18.5 Å². The Labute approximate surface area is 196 Å². The van der Waals surface area contributed by atoms with Crippen molar-refractivity contribution in [2.24, 2.45) is 5.92 Å². The van der Waals surface area contributed by atoms with Gasteiger partial charge in [-0.3, -0.25) is 14.9 Å². The maximum atomic E-state index is 12.5. The van der Waals surface area contributed by atoms with Crippen molar-refractivity contribution in [2.75, 3.05) is 18.5 Å². The highest BCUT2D eigenvalue weighted by Crippen LogP contribution is 2.44. The van der Waals surface area contributed by atoms with Crippen molar-refractivity contribution < 1.29 is 28.6 Å².